The zero-order valence-electron chi connectivity index (χ0n) is 11.8. The van der Waals surface area contributed by atoms with Crippen LogP contribution in [0.15, 0.2) is 42.5 Å². The van der Waals surface area contributed by atoms with Crippen LogP contribution in [0, 0.1) is 0 Å². The summed E-state index contributed by atoms with van der Waals surface area (Å²) in [5.41, 5.74) is 2.15. The molecule has 0 spiro atoms. The van der Waals surface area contributed by atoms with Gasteiger partial charge < -0.3 is 14.8 Å². The molecule has 0 aromatic heterocycles. The van der Waals surface area contributed by atoms with Crippen LogP contribution in [0.4, 0.5) is 5.69 Å². The monoisotopic (exact) mass is 291 g/mol. The first kappa shape index (κ1) is 14.5. The number of halogens is 1. The van der Waals surface area contributed by atoms with Crippen molar-refractivity contribution in [3.05, 3.63) is 53.1 Å². The molecule has 2 rings (SSSR count). The number of hydrogen-bond donors (Lipinski definition) is 1. The number of benzene rings is 2. The number of methoxy groups -OCH3 is 2. The summed E-state index contributed by atoms with van der Waals surface area (Å²) in [7, 11) is 3.27. The molecule has 0 bridgehead atoms. The van der Waals surface area contributed by atoms with Gasteiger partial charge >= 0.3 is 0 Å². The van der Waals surface area contributed by atoms with E-state index in [0.29, 0.717) is 10.8 Å². The molecule has 1 unspecified atom stereocenters. The molecule has 2 aromatic carbocycles. The average Bonchev–Trinajstić information content (AvgIpc) is 2.49. The standard InChI is InChI=1S/C16H18ClNO2/c1-11(12-4-7-14(19-2)8-5-12)18-13-6-9-15(17)16(10-13)20-3/h4-11,18H,1-3H3. The third-order valence-electron chi connectivity index (χ3n) is 3.15. The molecule has 1 N–H and O–H groups in total. The maximum atomic E-state index is 6.02. The summed E-state index contributed by atoms with van der Waals surface area (Å²) in [5, 5.41) is 4.02. The predicted octanol–water partition coefficient (Wildman–Crippen LogP) is 4.53. The maximum absolute atomic E-state index is 6.02. The quantitative estimate of drug-likeness (QED) is 0.878. The molecular weight excluding hydrogens is 274 g/mol. The van der Waals surface area contributed by atoms with Gasteiger partial charge in [-0.2, -0.15) is 0 Å². The molecule has 20 heavy (non-hydrogen) atoms. The van der Waals surface area contributed by atoms with Crippen molar-refractivity contribution < 1.29 is 9.47 Å². The molecule has 0 aliphatic carbocycles. The van der Waals surface area contributed by atoms with Crippen molar-refractivity contribution in [2.45, 2.75) is 13.0 Å². The summed E-state index contributed by atoms with van der Waals surface area (Å²) in [5.74, 6) is 1.52. The summed E-state index contributed by atoms with van der Waals surface area (Å²) in [6, 6.07) is 13.8. The Morgan fingerprint density at radius 1 is 1.00 bits per heavy atom. The lowest BCUT2D eigenvalue weighted by molar-refractivity contribution is 0.414. The summed E-state index contributed by atoms with van der Waals surface area (Å²) < 4.78 is 10.4. The summed E-state index contributed by atoms with van der Waals surface area (Å²) >= 11 is 6.02. The van der Waals surface area contributed by atoms with Gasteiger partial charge in [-0.25, -0.2) is 0 Å². The van der Waals surface area contributed by atoms with E-state index in [0.717, 1.165) is 11.4 Å². The van der Waals surface area contributed by atoms with Crippen molar-refractivity contribution in [3.8, 4) is 11.5 Å². The van der Waals surface area contributed by atoms with Crippen LogP contribution in [0.2, 0.25) is 5.02 Å². The Morgan fingerprint density at radius 2 is 1.70 bits per heavy atom. The molecule has 0 saturated carbocycles. The van der Waals surface area contributed by atoms with Crippen molar-refractivity contribution in [2.75, 3.05) is 19.5 Å². The fraction of sp³-hybridized carbons (Fsp3) is 0.250. The third-order valence-corrected chi connectivity index (χ3v) is 3.46. The number of hydrogen-bond acceptors (Lipinski definition) is 3. The Hall–Kier alpha value is -1.87. The largest absolute Gasteiger partial charge is 0.497 e. The number of ether oxygens (including phenoxy) is 2. The first-order valence-electron chi connectivity index (χ1n) is 6.38. The highest BCUT2D eigenvalue weighted by molar-refractivity contribution is 6.32. The highest BCUT2D eigenvalue weighted by Gasteiger charge is 2.07. The second kappa shape index (κ2) is 6.53. The second-order valence-electron chi connectivity index (χ2n) is 4.49. The van der Waals surface area contributed by atoms with Gasteiger partial charge in [-0.05, 0) is 36.8 Å². The van der Waals surface area contributed by atoms with Gasteiger partial charge in [-0.1, -0.05) is 23.7 Å². The molecule has 2 aromatic rings. The fourth-order valence-electron chi connectivity index (χ4n) is 1.98. The van der Waals surface area contributed by atoms with Crippen LogP contribution in [0.3, 0.4) is 0 Å². The number of rotatable bonds is 5. The van der Waals surface area contributed by atoms with Crippen molar-refractivity contribution in [1.29, 1.82) is 0 Å². The van der Waals surface area contributed by atoms with Gasteiger partial charge in [-0.3, -0.25) is 0 Å². The van der Waals surface area contributed by atoms with Crippen LogP contribution in [-0.4, -0.2) is 14.2 Å². The Bertz CT molecular complexity index is 569. The minimum atomic E-state index is 0.173. The lowest BCUT2D eigenvalue weighted by Crippen LogP contribution is -2.06. The molecule has 0 aliphatic rings. The van der Waals surface area contributed by atoms with Crippen molar-refractivity contribution in [3.63, 3.8) is 0 Å². The number of nitrogens with one attached hydrogen (secondary N) is 1. The SMILES string of the molecule is COc1ccc(C(C)Nc2ccc(Cl)c(OC)c2)cc1. The van der Waals surface area contributed by atoms with E-state index in [2.05, 4.69) is 12.2 Å². The lowest BCUT2D eigenvalue weighted by atomic mass is 10.1. The van der Waals surface area contributed by atoms with Gasteiger partial charge in [0.2, 0.25) is 0 Å². The minimum absolute atomic E-state index is 0.173. The van der Waals surface area contributed by atoms with Crippen molar-refractivity contribution in [1.82, 2.24) is 0 Å². The molecule has 0 fully saturated rings. The summed E-state index contributed by atoms with van der Waals surface area (Å²) in [4.78, 5) is 0. The van der Waals surface area contributed by atoms with E-state index in [1.807, 2.05) is 42.5 Å². The van der Waals surface area contributed by atoms with Crippen molar-refractivity contribution >= 4 is 17.3 Å². The van der Waals surface area contributed by atoms with Crippen LogP contribution >= 0.6 is 11.6 Å². The topological polar surface area (TPSA) is 30.5 Å². The molecular formula is C16H18ClNO2. The number of anilines is 1. The molecule has 1 atom stereocenters. The minimum Gasteiger partial charge on any atom is -0.497 e. The molecule has 106 valence electrons. The Balaban J connectivity index is 2.12. The molecule has 0 aliphatic heterocycles. The van der Waals surface area contributed by atoms with Gasteiger partial charge in [0.1, 0.15) is 11.5 Å². The fourth-order valence-corrected chi connectivity index (χ4v) is 2.17. The molecule has 0 heterocycles. The molecule has 3 nitrogen and oxygen atoms in total. The molecule has 0 amide bonds. The lowest BCUT2D eigenvalue weighted by Gasteiger charge is -2.17. The van der Waals surface area contributed by atoms with Gasteiger partial charge in [0.25, 0.3) is 0 Å². The van der Waals surface area contributed by atoms with E-state index in [9.17, 15) is 0 Å². The molecule has 0 radical (unpaired) electrons. The Kier molecular flexibility index (Phi) is 4.74. The van der Waals surface area contributed by atoms with E-state index in [1.165, 1.54) is 5.56 Å². The van der Waals surface area contributed by atoms with Crippen LogP contribution < -0.4 is 14.8 Å². The van der Waals surface area contributed by atoms with Gasteiger partial charge in [0.15, 0.2) is 0 Å². The van der Waals surface area contributed by atoms with E-state index >= 15 is 0 Å². The van der Waals surface area contributed by atoms with E-state index in [-0.39, 0.29) is 6.04 Å². The average molecular weight is 292 g/mol. The van der Waals surface area contributed by atoms with E-state index < -0.39 is 0 Å². The van der Waals surface area contributed by atoms with Gasteiger partial charge in [0, 0.05) is 17.8 Å². The summed E-state index contributed by atoms with van der Waals surface area (Å²) in [6.45, 7) is 2.10. The normalized spacial score (nSPS) is 11.8. The highest BCUT2D eigenvalue weighted by Crippen LogP contribution is 2.29. The van der Waals surface area contributed by atoms with Crippen molar-refractivity contribution in [2.24, 2.45) is 0 Å². The van der Waals surface area contributed by atoms with Crippen LogP contribution in [0.1, 0.15) is 18.5 Å². The maximum Gasteiger partial charge on any atom is 0.139 e. The first-order chi connectivity index (χ1) is 9.63. The Labute approximate surface area is 124 Å². The zero-order chi connectivity index (χ0) is 14.5. The van der Waals surface area contributed by atoms with E-state index in [4.69, 9.17) is 21.1 Å². The molecule has 4 heteroatoms. The zero-order valence-corrected chi connectivity index (χ0v) is 12.6. The van der Waals surface area contributed by atoms with Gasteiger partial charge in [-0.15, -0.1) is 0 Å². The smallest absolute Gasteiger partial charge is 0.139 e. The van der Waals surface area contributed by atoms with Crippen LogP contribution in [0.5, 0.6) is 11.5 Å². The first-order valence-corrected chi connectivity index (χ1v) is 6.76. The second-order valence-corrected chi connectivity index (χ2v) is 4.90. The third kappa shape index (κ3) is 3.36. The van der Waals surface area contributed by atoms with Gasteiger partial charge in [0.05, 0.1) is 19.2 Å². The highest BCUT2D eigenvalue weighted by atomic mass is 35.5. The Morgan fingerprint density at radius 3 is 2.30 bits per heavy atom. The van der Waals surface area contributed by atoms with Crippen LogP contribution in [0.25, 0.3) is 0 Å². The molecule has 0 saturated heterocycles. The predicted molar refractivity (Wildman–Crippen MR) is 83.0 cm³/mol. The van der Waals surface area contributed by atoms with Crippen LogP contribution in [-0.2, 0) is 0 Å². The summed E-state index contributed by atoms with van der Waals surface area (Å²) in [6.07, 6.45) is 0. The van der Waals surface area contributed by atoms with E-state index in [1.54, 1.807) is 14.2 Å².